The zero-order valence-corrected chi connectivity index (χ0v) is 20.8. The van der Waals surface area contributed by atoms with E-state index in [1.54, 1.807) is 0 Å². The largest absolute Gasteiger partial charge is 0.389 e. The van der Waals surface area contributed by atoms with Crippen molar-refractivity contribution in [3.05, 3.63) is 77.9 Å². The highest BCUT2D eigenvalue weighted by Crippen LogP contribution is 2.32. The van der Waals surface area contributed by atoms with Gasteiger partial charge in [-0.1, -0.05) is 60.1 Å². The third-order valence-electron chi connectivity index (χ3n) is 6.22. The Hall–Kier alpha value is -3.19. The van der Waals surface area contributed by atoms with Gasteiger partial charge in [0.2, 0.25) is 5.95 Å². The van der Waals surface area contributed by atoms with E-state index in [-0.39, 0.29) is 0 Å². The number of hydrogen-bond acceptors (Lipinski definition) is 6. The first-order valence-electron chi connectivity index (χ1n) is 11.9. The normalized spacial score (nSPS) is 14.9. The number of halogens is 1. The molecule has 6 nitrogen and oxygen atoms in total. The molecule has 4 aromatic rings. The number of hydrogen-bond donors (Lipinski definition) is 2. The van der Waals surface area contributed by atoms with E-state index in [9.17, 15) is 5.11 Å². The summed E-state index contributed by atoms with van der Waals surface area (Å²) in [6.45, 7) is 7.92. The van der Waals surface area contributed by atoms with Crippen LogP contribution in [0.3, 0.4) is 0 Å². The topological polar surface area (TPSA) is 64.5 Å². The first-order valence-corrected chi connectivity index (χ1v) is 12.3. The first-order chi connectivity index (χ1) is 16.9. The van der Waals surface area contributed by atoms with Crippen molar-refractivity contribution in [3.8, 4) is 11.1 Å². The summed E-state index contributed by atoms with van der Waals surface area (Å²) >= 11 is 6.70. The number of aromatic nitrogens is 2. The molecular weight excluding hydrogens is 458 g/mol. The van der Waals surface area contributed by atoms with Crippen LogP contribution < -0.4 is 10.2 Å². The number of β-amino-alcohol motifs (C(OH)–C–C–N with tert-alkyl or cyclic N) is 1. The summed E-state index contributed by atoms with van der Waals surface area (Å²) in [4.78, 5) is 13.9. The molecule has 3 aromatic carbocycles. The summed E-state index contributed by atoms with van der Waals surface area (Å²) < 4.78 is 0. The Morgan fingerprint density at radius 3 is 2.46 bits per heavy atom. The van der Waals surface area contributed by atoms with Crippen LogP contribution in [-0.4, -0.2) is 58.3 Å². The molecule has 0 spiro atoms. The second-order valence-electron chi connectivity index (χ2n) is 9.67. The first kappa shape index (κ1) is 23.5. The van der Waals surface area contributed by atoms with Crippen LogP contribution in [0.2, 0.25) is 5.02 Å². The van der Waals surface area contributed by atoms with Crippen LogP contribution >= 0.6 is 11.6 Å². The van der Waals surface area contributed by atoms with Crippen LogP contribution in [0.25, 0.3) is 22.0 Å². The van der Waals surface area contributed by atoms with Crippen LogP contribution in [0.1, 0.15) is 13.8 Å². The lowest BCUT2D eigenvalue weighted by Gasteiger charge is -2.38. The van der Waals surface area contributed by atoms with Gasteiger partial charge in [-0.25, -0.2) is 9.97 Å². The third kappa shape index (κ3) is 5.56. The standard InChI is InChI=1S/C28H30ClN5O/c1-28(2,35)19-33-13-15-34(16-14-33)25-12-11-22(17-24(25)29)31-27-30-18-21-9-6-10-23(26(21)32-27)20-7-4-3-5-8-20/h3-12,17-18,35H,13-16,19H2,1-2H3,(H,30,31,32). The van der Waals surface area contributed by atoms with Crippen molar-refractivity contribution in [2.75, 3.05) is 42.9 Å². The molecule has 180 valence electrons. The molecule has 0 radical (unpaired) electrons. The molecule has 0 bridgehead atoms. The van der Waals surface area contributed by atoms with Crippen LogP contribution in [0.4, 0.5) is 17.3 Å². The highest BCUT2D eigenvalue weighted by Gasteiger charge is 2.23. The number of piperazine rings is 1. The van der Waals surface area contributed by atoms with Crippen LogP contribution in [0, 0.1) is 0 Å². The zero-order valence-electron chi connectivity index (χ0n) is 20.1. The number of nitrogens with zero attached hydrogens (tertiary/aromatic N) is 4. The van der Waals surface area contributed by atoms with E-state index in [4.69, 9.17) is 16.6 Å². The van der Waals surface area contributed by atoms with Gasteiger partial charge < -0.3 is 15.3 Å². The molecule has 0 aliphatic carbocycles. The zero-order chi connectivity index (χ0) is 24.4. The molecule has 1 saturated heterocycles. The molecule has 0 unspecified atom stereocenters. The fraction of sp³-hybridized carbons (Fsp3) is 0.286. The Labute approximate surface area is 211 Å². The highest BCUT2D eigenvalue weighted by molar-refractivity contribution is 6.33. The van der Waals surface area contributed by atoms with Gasteiger partial charge in [-0.2, -0.15) is 0 Å². The summed E-state index contributed by atoms with van der Waals surface area (Å²) in [5.41, 5.74) is 4.29. The van der Waals surface area contributed by atoms with Gasteiger partial charge in [-0.3, -0.25) is 4.90 Å². The van der Waals surface area contributed by atoms with Gasteiger partial charge in [0, 0.05) is 55.6 Å². The molecule has 2 heterocycles. The fourth-order valence-corrected chi connectivity index (χ4v) is 4.93. The number of para-hydroxylation sites is 1. The van der Waals surface area contributed by atoms with E-state index in [2.05, 4.69) is 38.3 Å². The van der Waals surface area contributed by atoms with E-state index in [0.29, 0.717) is 17.5 Å². The fourth-order valence-electron chi connectivity index (χ4n) is 4.63. The summed E-state index contributed by atoms with van der Waals surface area (Å²) in [7, 11) is 0. The summed E-state index contributed by atoms with van der Waals surface area (Å²) in [5, 5.41) is 15.1. The number of nitrogens with one attached hydrogen (secondary N) is 1. The van der Waals surface area contributed by atoms with Gasteiger partial charge in [0.05, 0.1) is 21.8 Å². The quantitative estimate of drug-likeness (QED) is 0.370. The molecule has 35 heavy (non-hydrogen) atoms. The Bertz CT molecular complexity index is 1310. The maximum absolute atomic E-state index is 10.1. The smallest absolute Gasteiger partial charge is 0.227 e. The summed E-state index contributed by atoms with van der Waals surface area (Å²) in [6.07, 6.45) is 1.85. The lowest BCUT2D eigenvalue weighted by atomic mass is 10.0. The monoisotopic (exact) mass is 487 g/mol. The molecule has 7 heteroatoms. The maximum atomic E-state index is 10.1. The number of benzene rings is 3. The molecule has 0 saturated carbocycles. The van der Waals surface area contributed by atoms with E-state index < -0.39 is 5.60 Å². The minimum atomic E-state index is -0.681. The van der Waals surface area contributed by atoms with E-state index in [1.807, 2.05) is 68.6 Å². The van der Waals surface area contributed by atoms with Crippen molar-refractivity contribution in [3.63, 3.8) is 0 Å². The maximum Gasteiger partial charge on any atom is 0.227 e. The van der Waals surface area contributed by atoms with Gasteiger partial charge >= 0.3 is 0 Å². The molecule has 0 amide bonds. The second kappa shape index (κ2) is 9.82. The number of rotatable bonds is 6. The molecule has 1 aliphatic rings. The van der Waals surface area contributed by atoms with E-state index in [1.165, 1.54) is 0 Å². The van der Waals surface area contributed by atoms with Crippen molar-refractivity contribution in [1.29, 1.82) is 0 Å². The molecular formula is C28H30ClN5O. The van der Waals surface area contributed by atoms with Crippen LogP contribution in [0.15, 0.2) is 72.9 Å². The Balaban J connectivity index is 1.32. The summed E-state index contributed by atoms with van der Waals surface area (Å²) in [6, 6.07) is 22.4. The van der Waals surface area contributed by atoms with E-state index >= 15 is 0 Å². The van der Waals surface area contributed by atoms with Crippen molar-refractivity contribution in [2.45, 2.75) is 19.4 Å². The Morgan fingerprint density at radius 2 is 1.74 bits per heavy atom. The number of anilines is 3. The Morgan fingerprint density at radius 1 is 0.971 bits per heavy atom. The lowest BCUT2D eigenvalue weighted by molar-refractivity contribution is 0.0345. The Kier molecular flexibility index (Phi) is 6.60. The van der Waals surface area contributed by atoms with Crippen LogP contribution in [0.5, 0.6) is 0 Å². The van der Waals surface area contributed by atoms with E-state index in [0.717, 1.165) is 59.6 Å². The minimum absolute atomic E-state index is 0.532. The molecule has 2 N–H and O–H groups in total. The third-order valence-corrected chi connectivity index (χ3v) is 6.53. The predicted molar refractivity (Wildman–Crippen MR) is 145 cm³/mol. The van der Waals surface area contributed by atoms with Crippen molar-refractivity contribution >= 4 is 39.8 Å². The van der Waals surface area contributed by atoms with Crippen molar-refractivity contribution in [1.82, 2.24) is 14.9 Å². The van der Waals surface area contributed by atoms with Crippen molar-refractivity contribution in [2.24, 2.45) is 0 Å². The average molecular weight is 488 g/mol. The molecule has 0 atom stereocenters. The predicted octanol–water partition coefficient (Wildman–Crippen LogP) is 5.59. The van der Waals surface area contributed by atoms with Gasteiger partial charge in [-0.05, 0) is 37.6 Å². The lowest BCUT2D eigenvalue weighted by Crippen LogP contribution is -2.50. The van der Waals surface area contributed by atoms with Crippen molar-refractivity contribution < 1.29 is 5.11 Å². The van der Waals surface area contributed by atoms with Gasteiger partial charge in [0.15, 0.2) is 0 Å². The molecule has 1 aliphatic heterocycles. The molecule has 1 aromatic heterocycles. The van der Waals surface area contributed by atoms with Gasteiger partial charge in [0.1, 0.15) is 0 Å². The highest BCUT2D eigenvalue weighted by atomic mass is 35.5. The SMILES string of the molecule is CC(C)(O)CN1CCN(c2ccc(Nc3ncc4cccc(-c5ccccc5)c4n3)cc2Cl)CC1. The number of aliphatic hydroxyl groups is 1. The second-order valence-corrected chi connectivity index (χ2v) is 10.1. The molecule has 5 rings (SSSR count). The van der Waals surface area contributed by atoms with Crippen LogP contribution in [-0.2, 0) is 0 Å². The summed E-state index contributed by atoms with van der Waals surface area (Å²) in [5.74, 6) is 0.532. The van der Waals surface area contributed by atoms with Gasteiger partial charge in [0.25, 0.3) is 0 Å². The molecule has 1 fully saturated rings. The number of fused-ring (bicyclic) bond motifs is 1. The minimum Gasteiger partial charge on any atom is -0.389 e. The van der Waals surface area contributed by atoms with Gasteiger partial charge in [-0.15, -0.1) is 0 Å². The average Bonchev–Trinajstić information content (AvgIpc) is 2.84.